The molecule has 0 radical (unpaired) electrons. The molecule has 0 spiro atoms. The normalized spacial score (nSPS) is 24.1. The molecule has 0 amide bonds. The van der Waals surface area contributed by atoms with Gasteiger partial charge in [0.15, 0.2) is 0 Å². The van der Waals surface area contributed by atoms with Crippen LogP contribution in [-0.4, -0.2) is 22.5 Å². The zero-order chi connectivity index (χ0) is 10.4. The van der Waals surface area contributed by atoms with Crippen molar-refractivity contribution in [2.24, 2.45) is 5.41 Å². The van der Waals surface area contributed by atoms with Crippen molar-refractivity contribution in [3.05, 3.63) is 12.5 Å². The predicted molar refractivity (Wildman–Crippen MR) is 57.7 cm³/mol. The highest BCUT2D eigenvalue weighted by Gasteiger charge is 2.50. The summed E-state index contributed by atoms with van der Waals surface area (Å²) in [6.45, 7) is 8.99. The molecule has 14 heavy (non-hydrogen) atoms. The molecule has 4 heteroatoms. The topological polar surface area (TPSA) is 37.9 Å². The molecule has 0 aromatic carbocycles. The average Bonchev–Trinajstić information content (AvgIpc) is 2.58. The van der Waals surface area contributed by atoms with Gasteiger partial charge in [0.25, 0.3) is 0 Å². The number of nitrogens with zero attached hydrogens (tertiary/aromatic N) is 1. The Morgan fingerprint density at radius 2 is 2.14 bits per heavy atom. The fourth-order valence-corrected chi connectivity index (χ4v) is 1.88. The first-order valence-electron chi connectivity index (χ1n) is 5.08. The van der Waals surface area contributed by atoms with E-state index >= 15 is 0 Å². The molecule has 1 N–H and O–H groups in total. The second-order valence-electron chi connectivity index (χ2n) is 5.21. The quantitative estimate of drug-likeness (QED) is 0.683. The molecule has 0 aliphatic carbocycles. The summed E-state index contributed by atoms with van der Waals surface area (Å²) >= 11 is 0. The maximum absolute atomic E-state index is 6.04. The minimum Gasteiger partial charge on any atom is -0.424 e. The third-order valence-electron chi connectivity index (χ3n) is 3.63. The van der Waals surface area contributed by atoms with Crippen LogP contribution in [0.25, 0.3) is 0 Å². The van der Waals surface area contributed by atoms with Crippen molar-refractivity contribution in [3.8, 4) is 0 Å². The van der Waals surface area contributed by atoms with E-state index in [1.54, 1.807) is 6.33 Å². The Morgan fingerprint density at radius 1 is 1.43 bits per heavy atom. The Labute approximate surface area is 85.4 Å². The van der Waals surface area contributed by atoms with Crippen LogP contribution in [0.3, 0.4) is 0 Å². The first kappa shape index (κ1) is 9.78. The van der Waals surface area contributed by atoms with Gasteiger partial charge in [-0.2, -0.15) is 0 Å². The lowest BCUT2D eigenvalue weighted by Crippen LogP contribution is -2.36. The number of aromatic nitrogens is 2. The summed E-state index contributed by atoms with van der Waals surface area (Å²) < 4.78 is 6.04. The number of hydrogen-bond acceptors (Lipinski definition) is 2. The summed E-state index contributed by atoms with van der Waals surface area (Å²) in [6.07, 6.45) is 4.60. The van der Waals surface area contributed by atoms with Gasteiger partial charge in [0.1, 0.15) is 0 Å². The van der Waals surface area contributed by atoms with Crippen LogP contribution >= 0.6 is 0 Å². The lowest BCUT2D eigenvalue weighted by atomic mass is 9.56. The van der Waals surface area contributed by atoms with Crippen LogP contribution in [0.2, 0.25) is 6.32 Å². The van der Waals surface area contributed by atoms with Gasteiger partial charge in [0, 0.05) is 11.8 Å². The van der Waals surface area contributed by atoms with E-state index in [1.807, 2.05) is 6.20 Å². The molecular formula is C10H17BN2O. The largest absolute Gasteiger partial charge is 0.424 e. The van der Waals surface area contributed by atoms with E-state index < -0.39 is 0 Å². The van der Waals surface area contributed by atoms with Crippen molar-refractivity contribution in [3.63, 3.8) is 0 Å². The van der Waals surface area contributed by atoms with Crippen LogP contribution in [0.15, 0.2) is 12.5 Å². The van der Waals surface area contributed by atoms with Crippen LogP contribution in [0, 0.1) is 5.41 Å². The summed E-state index contributed by atoms with van der Waals surface area (Å²) in [6, 6.07) is 0. The summed E-state index contributed by atoms with van der Waals surface area (Å²) in [4.78, 5) is 7.15. The molecule has 2 heterocycles. The van der Waals surface area contributed by atoms with Crippen molar-refractivity contribution >= 4 is 12.5 Å². The average molecular weight is 192 g/mol. The number of rotatable bonds is 1. The van der Waals surface area contributed by atoms with Crippen LogP contribution in [0.1, 0.15) is 27.7 Å². The Bertz CT molecular complexity index is 303. The lowest BCUT2D eigenvalue weighted by Gasteiger charge is -2.34. The van der Waals surface area contributed by atoms with Gasteiger partial charge in [-0.15, -0.1) is 0 Å². The molecule has 0 unspecified atom stereocenters. The molecule has 1 aromatic heterocycles. The van der Waals surface area contributed by atoms with Crippen LogP contribution < -0.4 is 5.59 Å². The van der Waals surface area contributed by atoms with E-state index in [9.17, 15) is 0 Å². The molecule has 1 fully saturated rings. The van der Waals surface area contributed by atoms with Crippen LogP contribution in [0.5, 0.6) is 0 Å². The van der Waals surface area contributed by atoms with Crippen molar-refractivity contribution in [2.75, 3.05) is 0 Å². The molecule has 0 bridgehead atoms. The SMILES string of the molecule is CC1(C)CB(c2cnc[nH]2)OC1(C)C. The molecule has 0 saturated carbocycles. The number of nitrogens with one attached hydrogen (secondary N) is 1. The maximum atomic E-state index is 6.04. The van der Waals surface area contributed by atoms with Gasteiger partial charge in [0.2, 0.25) is 0 Å². The highest BCUT2D eigenvalue weighted by molar-refractivity contribution is 6.67. The minimum atomic E-state index is -0.0667. The number of hydrogen-bond donors (Lipinski definition) is 1. The van der Waals surface area contributed by atoms with Crippen LogP contribution in [0.4, 0.5) is 0 Å². The Balaban J connectivity index is 2.22. The first-order chi connectivity index (χ1) is 6.42. The van der Waals surface area contributed by atoms with E-state index in [-0.39, 0.29) is 17.9 Å². The number of H-pyrrole nitrogens is 1. The van der Waals surface area contributed by atoms with Crippen molar-refractivity contribution in [1.82, 2.24) is 9.97 Å². The van der Waals surface area contributed by atoms with Gasteiger partial charge < -0.3 is 9.64 Å². The molecule has 1 aromatic rings. The molecule has 3 nitrogen and oxygen atoms in total. The van der Waals surface area contributed by atoms with Gasteiger partial charge in [-0.25, -0.2) is 4.98 Å². The van der Waals surface area contributed by atoms with E-state index in [1.165, 1.54) is 0 Å². The van der Waals surface area contributed by atoms with Crippen LogP contribution in [-0.2, 0) is 4.65 Å². The fourth-order valence-electron chi connectivity index (χ4n) is 1.88. The zero-order valence-corrected chi connectivity index (χ0v) is 9.29. The highest BCUT2D eigenvalue weighted by atomic mass is 16.5. The molecule has 76 valence electrons. The van der Waals surface area contributed by atoms with Crippen molar-refractivity contribution in [1.29, 1.82) is 0 Å². The summed E-state index contributed by atoms with van der Waals surface area (Å²) in [5.41, 5.74) is 1.23. The van der Waals surface area contributed by atoms with Gasteiger partial charge in [0.05, 0.1) is 11.9 Å². The molecule has 1 aliphatic rings. The molecule has 1 aliphatic heterocycles. The summed E-state index contributed by atoms with van der Waals surface area (Å²) in [7, 11) is 0. The predicted octanol–water partition coefficient (Wildman–Crippen LogP) is 1.44. The number of imidazole rings is 1. The van der Waals surface area contributed by atoms with E-state index in [4.69, 9.17) is 4.65 Å². The van der Waals surface area contributed by atoms with Gasteiger partial charge in [-0.3, -0.25) is 0 Å². The standard InChI is InChI=1S/C10H17BN2O/c1-9(2)6-11(14-10(9,3)4)8-5-12-7-13-8/h5,7H,6H2,1-4H3,(H,12,13). The number of aromatic amines is 1. The van der Waals surface area contributed by atoms with Gasteiger partial charge >= 0.3 is 6.92 Å². The third-order valence-corrected chi connectivity index (χ3v) is 3.63. The summed E-state index contributed by atoms with van der Waals surface area (Å²) in [5.74, 6) is 0. The van der Waals surface area contributed by atoms with Crippen molar-refractivity contribution < 1.29 is 4.65 Å². The minimum absolute atomic E-state index is 0.0667. The van der Waals surface area contributed by atoms with E-state index in [0.29, 0.717) is 0 Å². The first-order valence-corrected chi connectivity index (χ1v) is 5.08. The molecular weight excluding hydrogens is 175 g/mol. The second kappa shape index (κ2) is 2.86. The third kappa shape index (κ3) is 1.38. The second-order valence-corrected chi connectivity index (χ2v) is 5.21. The monoisotopic (exact) mass is 192 g/mol. The highest BCUT2D eigenvalue weighted by Crippen LogP contribution is 2.44. The van der Waals surface area contributed by atoms with Crippen molar-refractivity contribution in [2.45, 2.75) is 39.6 Å². The van der Waals surface area contributed by atoms with Gasteiger partial charge in [-0.1, -0.05) is 13.8 Å². The smallest absolute Gasteiger partial charge is 0.346 e. The van der Waals surface area contributed by atoms with Gasteiger partial charge in [-0.05, 0) is 25.6 Å². The Hall–Kier alpha value is -0.765. The van der Waals surface area contributed by atoms with E-state index in [2.05, 4.69) is 37.7 Å². The Kier molecular flexibility index (Phi) is 2.00. The molecule has 1 saturated heterocycles. The molecule has 0 atom stereocenters. The lowest BCUT2D eigenvalue weighted by molar-refractivity contribution is 0.0375. The maximum Gasteiger partial charge on any atom is 0.346 e. The Morgan fingerprint density at radius 3 is 2.57 bits per heavy atom. The van der Waals surface area contributed by atoms with E-state index in [0.717, 1.165) is 11.9 Å². The fraction of sp³-hybridized carbons (Fsp3) is 0.700. The summed E-state index contributed by atoms with van der Waals surface area (Å²) in [5, 5.41) is 0. The zero-order valence-electron chi connectivity index (χ0n) is 9.29. The molecule has 2 rings (SSSR count).